The minimum Gasteiger partial charge on any atom is -0.299 e. The third kappa shape index (κ3) is 5.46. The molecule has 0 aromatic carbocycles. The highest BCUT2D eigenvalue weighted by molar-refractivity contribution is 5.72. The Balaban J connectivity index is 4.03. The first kappa shape index (κ1) is 12.8. The molecule has 78 valence electrons. The molecule has 0 saturated carbocycles. The maximum absolute atomic E-state index is 10.5. The maximum atomic E-state index is 10.5. The Bertz CT molecular complexity index is 237. The first-order chi connectivity index (χ1) is 6.78. The van der Waals surface area contributed by atoms with Gasteiger partial charge in [-0.15, -0.1) is 0 Å². The van der Waals surface area contributed by atoms with Gasteiger partial charge in [0.1, 0.15) is 12.6 Å². The van der Waals surface area contributed by atoms with Gasteiger partial charge in [-0.1, -0.05) is 25.5 Å². The fourth-order valence-corrected chi connectivity index (χ4v) is 1.19. The summed E-state index contributed by atoms with van der Waals surface area (Å²) in [6.45, 7) is 3.99. The molecule has 0 aliphatic heterocycles. The second kappa shape index (κ2) is 8.42. The lowest BCUT2D eigenvalue weighted by Gasteiger charge is -2.00. The Morgan fingerprint density at radius 1 is 1.14 bits per heavy atom. The van der Waals surface area contributed by atoms with E-state index >= 15 is 0 Å². The lowest BCUT2D eigenvalue weighted by atomic mass is 10.1. The van der Waals surface area contributed by atoms with E-state index in [1.807, 2.05) is 19.9 Å². The molecule has 2 nitrogen and oxygen atoms in total. The number of allylic oxidation sites excluding steroid dienone is 4. The van der Waals surface area contributed by atoms with Gasteiger partial charge in [-0.05, 0) is 37.3 Å². The topological polar surface area (TPSA) is 34.1 Å². The van der Waals surface area contributed by atoms with Crippen molar-refractivity contribution in [3.05, 3.63) is 23.3 Å². The Morgan fingerprint density at radius 2 is 1.86 bits per heavy atom. The quantitative estimate of drug-likeness (QED) is 0.461. The molecule has 0 saturated heterocycles. The van der Waals surface area contributed by atoms with E-state index in [-0.39, 0.29) is 0 Å². The molecule has 0 unspecified atom stereocenters. The predicted octanol–water partition coefficient (Wildman–Crippen LogP) is 2.84. The largest absolute Gasteiger partial charge is 0.299 e. The van der Waals surface area contributed by atoms with E-state index in [1.54, 1.807) is 6.08 Å². The first-order valence-corrected chi connectivity index (χ1v) is 5.05. The molecule has 0 aliphatic rings. The summed E-state index contributed by atoms with van der Waals surface area (Å²) >= 11 is 0. The molecule has 0 fully saturated rings. The summed E-state index contributed by atoms with van der Waals surface area (Å²) < 4.78 is 0. The number of aldehydes is 2. The lowest BCUT2D eigenvalue weighted by molar-refractivity contribution is -0.105. The van der Waals surface area contributed by atoms with Crippen molar-refractivity contribution >= 4 is 12.6 Å². The fraction of sp³-hybridized carbons (Fsp3) is 0.500. The molecule has 14 heavy (non-hydrogen) atoms. The van der Waals surface area contributed by atoms with Crippen LogP contribution in [0.2, 0.25) is 0 Å². The molecule has 0 atom stereocenters. The van der Waals surface area contributed by atoms with E-state index in [4.69, 9.17) is 0 Å². The normalized spacial score (nSPS) is 12.7. The summed E-state index contributed by atoms with van der Waals surface area (Å²) in [5.74, 6) is 0. The molecule has 0 aromatic heterocycles. The number of hydrogen-bond acceptors (Lipinski definition) is 2. The fourth-order valence-electron chi connectivity index (χ4n) is 1.19. The van der Waals surface area contributed by atoms with Gasteiger partial charge >= 0.3 is 0 Å². The van der Waals surface area contributed by atoms with Crippen molar-refractivity contribution in [2.75, 3.05) is 0 Å². The van der Waals surface area contributed by atoms with E-state index in [0.717, 1.165) is 49.4 Å². The summed E-state index contributed by atoms with van der Waals surface area (Å²) in [6, 6.07) is 0. The highest BCUT2D eigenvalue weighted by Crippen LogP contribution is 2.10. The van der Waals surface area contributed by atoms with Crippen LogP contribution in [0.3, 0.4) is 0 Å². The zero-order valence-corrected chi connectivity index (χ0v) is 8.95. The van der Waals surface area contributed by atoms with Crippen LogP contribution in [0.5, 0.6) is 0 Å². The van der Waals surface area contributed by atoms with E-state index in [9.17, 15) is 9.59 Å². The highest BCUT2D eigenvalue weighted by Gasteiger charge is 1.94. The van der Waals surface area contributed by atoms with Crippen LogP contribution in [0.1, 0.15) is 39.5 Å². The van der Waals surface area contributed by atoms with Crippen LogP contribution in [-0.4, -0.2) is 12.6 Å². The molecule has 0 heterocycles. The van der Waals surface area contributed by atoms with Crippen LogP contribution in [-0.2, 0) is 9.59 Å². The van der Waals surface area contributed by atoms with Crippen LogP contribution in [0, 0.1) is 0 Å². The minimum atomic E-state index is 0.780. The maximum Gasteiger partial charge on any atom is 0.145 e. The summed E-state index contributed by atoms with van der Waals surface area (Å²) in [4.78, 5) is 20.7. The monoisotopic (exact) mass is 194 g/mol. The standard InChI is InChI=1S/C12H18O2/c1-3-11(8-9-13)6-5-7-12(4-2)10-14/h7-10H,3-6H2,1-2H3. The molecule has 0 aromatic rings. The molecule has 2 heteroatoms. The van der Waals surface area contributed by atoms with Crippen molar-refractivity contribution in [1.82, 2.24) is 0 Å². The Morgan fingerprint density at radius 3 is 2.29 bits per heavy atom. The highest BCUT2D eigenvalue weighted by atomic mass is 16.1. The third-order valence-corrected chi connectivity index (χ3v) is 2.19. The van der Waals surface area contributed by atoms with Crippen molar-refractivity contribution in [3.8, 4) is 0 Å². The molecule has 0 radical (unpaired) electrons. The Kier molecular flexibility index (Phi) is 7.71. The zero-order chi connectivity index (χ0) is 10.8. The van der Waals surface area contributed by atoms with Gasteiger partial charge in [0.25, 0.3) is 0 Å². The van der Waals surface area contributed by atoms with Crippen molar-refractivity contribution in [2.45, 2.75) is 39.5 Å². The second-order valence-electron chi connectivity index (χ2n) is 3.10. The van der Waals surface area contributed by atoms with E-state index in [1.165, 1.54) is 0 Å². The Hall–Kier alpha value is -1.18. The van der Waals surface area contributed by atoms with Gasteiger partial charge in [0.15, 0.2) is 0 Å². The smallest absolute Gasteiger partial charge is 0.145 e. The van der Waals surface area contributed by atoms with E-state index in [2.05, 4.69) is 0 Å². The van der Waals surface area contributed by atoms with Crippen LogP contribution >= 0.6 is 0 Å². The molecule has 0 N–H and O–H groups in total. The average Bonchev–Trinajstić information content (AvgIpc) is 2.23. The molecule has 0 spiro atoms. The number of carbonyl (C=O) groups excluding carboxylic acids is 2. The number of rotatable bonds is 7. The van der Waals surface area contributed by atoms with Gasteiger partial charge in [0.05, 0.1) is 0 Å². The molecule has 0 rings (SSSR count). The molecule has 0 bridgehead atoms. The van der Waals surface area contributed by atoms with E-state index < -0.39 is 0 Å². The number of hydrogen-bond donors (Lipinski definition) is 0. The van der Waals surface area contributed by atoms with Gasteiger partial charge in [0, 0.05) is 0 Å². The van der Waals surface area contributed by atoms with Gasteiger partial charge < -0.3 is 0 Å². The average molecular weight is 194 g/mol. The zero-order valence-electron chi connectivity index (χ0n) is 8.95. The minimum absolute atomic E-state index is 0.780. The Labute approximate surface area is 85.7 Å². The third-order valence-electron chi connectivity index (χ3n) is 2.19. The first-order valence-electron chi connectivity index (χ1n) is 5.05. The lowest BCUT2D eigenvalue weighted by Crippen LogP contribution is -1.85. The van der Waals surface area contributed by atoms with Gasteiger partial charge in [-0.3, -0.25) is 9.59 Å². The number of carbonyl (C=O) groups is 2. The van der Waals surface area contributed by atoms with Gasteiger partial charge in [-0.2, -0.15) is 0 Å². The van der Waals surface area contributed by atoms with Gasteiger partial charge in [-0.25, -0.2) is 0 Å². The van der Waals surface area contributed by atoms with Crippen LogP contribution in [0.4, 0.5) is 0 Å². The summed E-state index contributed by atoms with van der Waals surface area (Å²) in [6.07, 6.45) is 8.67. The van der Waals surface area contributed by atoms with Crippen molar-refractivity contribution < 1.29 is 9.59 Å². The van der Waals surface area contributed by atoms with Crippen LogP contribution in [0.15, 0.2) is 23.3 Å². The van der Waals surface area contributed by atoms with Crippen molar-refractivity contribution in [1.29, 1.82) is 0 Å². The molecule has 0 aliphatic carbocycles. The summed E-state index contributed by atoms with van der Waals surface area (Å²) in [7, 11) is 0. The summed E-state index contributed by atoms with van der Waals surface area (Å²) in [5, 5.41) is 0. The van der Waals surface area contributed by atoms with Crippen molar-refractivity contribution in [3.63, 3.8) is 0 Å². The predicted molar refractivity (Wildman–Crippen MR) is 58.1 cm³/mol. The molecular weight excluding hydrogens is 176 g/mol. The van der Waals surface area contributed by atoms with Gasteiger partial charge in [0.2, 0.25) is 0 Å². The molecule has 0 amide bonds. The van der Waals surface area contributed by atoms with Crippen molar-refractivity contribution in [2.24, 2.45) is 0 Å². The molecular formula is C12H18O2. The summed E-state index contributed by atoms with van der Waals surface area (Å²) in [5.41, 5.74) is 1.98. The van der Waals surface area contributed by atoms with Crippen LogP contribution in [0.25, 0.3) is 0 Å². The van der Waals surface area contributed by atoms with Crippen LogP contribution < -0.4 is 0 Å². The SMILES string of the molecule is CCC(C=O)=CCCC(=CC=O)CC. The second-order valence-corrected chi connectivity index (χ2v) is 3.10. The van der Waals surface area contributed by atoms with E-state index in [0.29, 0.717) is 0 Å².